The Hall–Kier alpha value is -1.89. The number of Topliss-reactive ketones (excluding diaryl/α,β-unsaturated/α-hetero) is 1. The molecule has 0 heterocycles. The number of hydrogen-bond donors (Lipinski definition) is 0. The second-order valence-corrected chi connectivity index (χ2v) is 6.67. The van der Waals surface area contributed by atoms with Crippen molar-refractivity contribution in [1.29, 1.82) is 0 Å². The molecular weight excluding hydrogens is 244 g/mol. The first-order valence-electron chi connectivity index (χ1n) is 7.17. The maximum absolute atomic E-state index is 13.0. The summed E-state index contributed by atoms with van der Waals surface area (Å²) in [6, 6.07) is 18.4. The molecule has 2 aromatic rings. The lowest BCUT2D eigenvalue weighted by Crippen LogP contribution is -2.24. The lowest BCUT2D eigenvalue weighted by Gasteiger charge is -2.26. The van der Waals surface area contributed by atoms with Gasteiger partial charge in [-0.05, 0) is 22.1 Å². The van der Waals surface area contributed by atoms with Crippen molar-refractivity contribution in [2.24, 2.45) is 5.41 Å². The van der Waals surface area contributed by atoms with Crippen LogP contribution in [-0.2, 0) is 4.79 Å². The van der Waals surface area contributed by atoms with Crippen molar-refractivity contribution in [2.45, 2.75) is 32.6 Å². The number of rotatable bonds is 1. The highest BCUT2D eigenvalue weighted by atomic mass is 16.1. The van der Waals surface area contributed by atoms with Crippen LogP contribution in [0.4, 0.5) is 0 Å². The molecule has 1 heteroatoms. The Bertz CT molecular complexity index is 634. The molecule has 1 aliphatic carbocycles. The molecule has 0 aromatic heterocycles. The van der Waals surface area contributed by atoms with E-state index in [4.69, 9.17) is 0 Å². The van der Waals surface area contributed by atoms with Gasteiger partial charge in [-0.2, -0.15) is 0 Å². The summed E-state index contributed by atoms with van der Waals surface area (Å²) in [5.74, 6) is 0.227. The number of ketones is 1. The zero-order valence-corrected chi connectivity index (χ0v) is 12.3. The monoisotopic (exact) mass is 264 g/mol. The molecule has 0 radical (unpaired) electrons. The smallest absolute Gasteiger partial charge is 0.152 e. The minimum absolute atomic E-state index is 0.0103. The van der Waals surface area contributed by atoms with Crippen LogP contribution in [0.25, 0.3) is 0 Å². The summed E-state index contributed by atoms with van der Waals surface area (Å²) in [5.41, 5.74) is 3.45. The Morgan fingerprint density at radius 1 is 0.800 bits per heavy atom. The van der Waals surface area contributed by atoms with Crippen LogP contribution in [0.1, 0.15) is 49.3 Å². The fourth-order valence-corrected chi connectivity index (χ4v) is 3.39. The molecule has 0 spiro atoms. The molecule has 0 N–H and O–H groups in total. The largest absolute Gasteiger partial charge is 0.298 e. The van der Waals surface area contributed by atoms with Crippen molar-refractivity contribution in [2.75, 3.05) is 0 Å². The van der Waals surface area contributed by atoms with Gasteiger partial charge >= 0.3 is 0 Å². The van der Waals surface area contributed by atoms with Crippen LogP contribution in [0.15, 0.2) is 54.6 Å². The van der Waals surface area contributed by atoms with Gasteiger partial charge in [-0.15, -0.1) is 0 Å². The number of carbonyl (C=O) groups is 1. The Kier molecular flexibility index (Phi) is 3.01. The van der Waals surface area contributed by atoms with E-state index in [1.54, 1.807) is 0 Å². The van der Waals surface area contributed by atoms with Crippen molar-refractivity contribution in [3.05, 3.63) is 71.3 Å². The van der Waals surface area contributed by atoms with Gasteiger partial charge in [0.1, 0.15) is 0 Å². The third kappa shape index (κ3) is 1.98. The van der Waals surface area contributed by atoms with Gasteiger partial charge in [-0.25, -0.2) is 0 Å². The van der Waals surface area contributed by atoms with Crippen molar-refractivity contribution in [3.8, 4) is 0 Å². The number of fused-ring (bicyclic) bond motifs is 1. The molecule has 0 saturated heterocycles. The van der Waals surface area contributed by atoms with Crippen molar-refractivity contribution < 1.29 is 4.79 Å². The summed E-state index contributed by atoms with van der Waals surface area (Å²) in [6.45, 7) is 6.46. The lowest BCUT2D eigenvalue weighted by molar-refractivity contribution is -0.122. The SMILES string of the molecule is CC(C)(C)[C@H]1C(=O)[C@@H](c2ccccc2)c2ccccc21. The zero-order chi connectivity index (χ0) is 14.3. The van der Waals surface area contributed by atoms with Gasteiger partial charge in [-0.3, -0.25) is 4.79 Å². The summed E-state index contributed by atoms with van der Waals surface area (Å²) in [7, 11) is 0. The van der Waals surface area contributed by atoms with Gasteiger partial charge in [0.15, 0.2) is 5.78 Å². The maximum Gasteiger partial charge on any atom is 0.152 e. The molecule has 3 rings (SSSR count). The van der Waals surface area contributed by atoms with E-state index in [2.05, 4.69) is 45.0 Å². The molecule has 0 bridgehead atoms. The molecule has 0 saturated carbocycles. The first-order chi connectivity index (χ1) is 9.50. The van der Waals surface area contributed by atoms with Crippen molar-refractivity contribution in [3.63, 3.8) is 0 Å². The fraction of sp³-hybridized carbons (Fsp3) is 0.316. The van der Waals surface area contributed by atoms with Crippen LogP contribution < -0.4 is 0 Å². The molecule has 2 aromatic carbocycles. The quantitative estimate of drug-likeness (QED) is 0.739. The highest BCUT2D eigenvalue weighted by Crippen LogP contribution is 2.49. The molecule has 2 atom stereocenters. The van der Waals surface area contributed by atoms with Crippen LogP contribution in [0, 0.1) is 5.41 Å². The highest BCUT2D eigenvalue weighted by Gasteiger charge is 2.45. The highest BCUT2D eigenvalue weighted by molar-refractivity contribution is 5.99. The van der Waals surface area contributed by atoms with Crippen molar-refractivity contribution in [1.82, 2.24) is 0 Å². The summed E-state index contributed by atoms with van der Waals surface area (Å²) in [5, 5.41) is 0. The van der Waals surface area contributed by atoms with E-state index >= 15 is 0 Å². The predicted octanol–water partition coefficient (Wildman–Crippen LogP) is 4.53. The molecule has 0 fully saturated rings. The third-order valence-electron chi connectivity index (χ3n) is 4.19. The normalized spacial score (nSPS) is 21.9. The maximum atomic E-state index is 13.0. The van der Waals surface area contributed by atoms with E-state index in [9.17, 15) is 4.79 Å². The summed E-state index contributed by atoms with van der Waals surface area (Å²) in [4.78, 5) is 13.0. The Morgan fingerprint density at radius 3 is 1.95 bits per heavy atom. The number of carbonyl (C=O) groups excluding carboxylic acids is 1. The second kappa shape index (κ2) is 4.59. The molecule has 20 heavy (non-hydrogen) atoms. The van der Waals surface area contributed by atoms with Gasteiger partial charge in [0, 0.05) is 5.92 Å². The second-order valence-electron chi connectivity index (χ2n) is 6.67. The average molecular weight is 264 g/mol. The minimum atomic E-state index is -0.100. The van der Waals surface area contributed by atoms with E-state index in [0.29, 0.717) is 5.78 Å². The summed E-state index contributed by atoms with van der Waals surface area (Å²) in [6.07, 6.45) is 0. The van der Waals surface area contributed by atoms with Gasteiger partial charge in [0.2, 0.25) is 0 Å². The van der Waals surface area contributed by atoms with E-state index in [1.807, 2.05) is 30.3 Å². The van der Waals surface area contributed by atoms with Gasteiger partial charge in [0.05, 0.1) is 5.92 Å². The Morgan fingerprint density at radius 2 is 1.35 bits per heavy atom. The van der Waals surface area contributed by atoms with E-state index < -0.39 is 0 Å². The number of hydrogen-bond acceptors (Lipinski definition) is 1. The average Bonchev–Trinajstić information content (AvgIpc) is 2.71. The summed E-state index contributed by atoms with van der Waals surface area (Å²) < 4.78 is 0. The third-order valence-corrected chi connectivity index (χ3v) is 4.19. The molecule has 1 nitrogen and oxygen atoms in total. The molecule has 0 aliphatic heterocycles. The van der Waals surface area contributed by atoms with Crippen LogP contribution in [0.3, 0.4) is 0 Å². The van der Waals surface area contributed by atoms with Gasteiger partial charge < -0.3 is 0 Å². The van der Waals surface area contributed by atoms with E-state index in [0.717, 1.165) is 5.56 Å². The Labute approximate surface area is 120 Å². The fourth-order valence-electron chi connectivity index (χ4n) is 3.39. The van der Waals surface area contributed by atoms with Crippen LogP contribution >= 0.6 is 0 Å². The molecule has 0 unspecified atom stereocenters. The molecule has 102 valence electrons. The minimum Gasteiger partial charge on any atom is -0.298 e. The van der Waals surface area contributed by atoms with Gasteiger partial charge in [0.25, 0.3) is 0 Å². The standard InChI is InChI=1S/C19H20O/c1-19(2,3)17-15-12-8-7-11-14(15)16(18(17)20)13-9-5-4-6-10-13/h4-12,16-17H,1-3H3/t16-,17+/m0/s1. The van der Waals surface area contributed by atoms with E-state index in [1.165, 1.54) is 11.1 Å². The van der Waals surface area contributed by atoms with Crippen molar-refractivity contribution >= 4 is 5.78 Å². The first kappa shape index (κ1) is 13.1. The molecule has 1 aliphatic rings. The molecule has 0 amide bonds. The molecular formula is C19H20O. The van der Waals surface area contributed by atoms with Crippen LogP contribution in [0.5, 0.6) is 0 Å². The topological polar surface area (TPSA) is 17.1 Å². The predicted molar refractivity (Wildman–Crippen MR) is 81.9 cm³/mol. The Balaban J connectivity index is 2.17. The van der Waals surface area contributed by atoms with Crippen LogP contribution in [-0.4, -0.2) is 5.78 Å². The lowest BCUT2D eigenvalue weighted by atomic mass is 9.76. The van der Waals surface area contributed by atoms with E-state index in [-0.39, 0.29) is 17.3 Å². The zero-order valence-electron chi connectivity index (χ0n) is 12.3. The van der Waals surface area contributed by atoms with Gasteiger partial charge in [-0.1, -0.05) is 75.4 Å². The summed E-state index contributed by atoms with van der Waals surface area (Å²) >= 11 is 0. The van der Waals surface area contributed by atoms with Crippen LogP contribution in [0.2, 0.25) is 0 Å². The number of benzene rings is 2. The first-order valence-corrected chi connectivity index (χ1v) is 7.17.